The van der Waals surface area contributed by atoms with Crippen molar-refractivity contribution in [3.63, 3.8) is 0 Å². The molecule has 112 valence electrons. The Hall–Kier alpha value is -0.870. The van der Waals surface area contributed by atoms with Gasteiger partial charge < -0.3 is 9.67 Å². The van der Waals surface area contributed by atoms with Crippen molar-refractivity contribution in [3.05, 3.63) is 18.2 Å². The molecule has 2 fully saturated rings. The predicted molar refractivity (Wildman–Crippen MR) is 79.5 cm³/mol. The van der Waals surface area contributed by atoms with Gasteiger partial charge in [0.05, 0.1) is 6.10 Å². The van der Waals surface area contributed by atoms with Gasteiger partial charge in [-0.1, -0.05) is 12.8 Å². The van der Waals surface area contributed by atoms with Crippen molar-refractivity contribution < 1.29 is 5.11 Å². The summed E-state index contributed by atoms with van der Waals surface area (Å²) >= 11 is 0. The van der Waals surface area contributed by atoms with Crippen LogP contribution < -0.4 is 0 Å². The lowest BCUT2D eigenvalue weighted by molar-refractivity contribution is 0.0358. The van der Waals surface area contributed by atoms with Gasteiger partial charge in [-0.2, -0.15) is 0 Å². The number of aliphatic hydroxyl groups is 1. The maximum Gasteiger partial charge on any atom is 0.109 e. The van der Waals surface area contributed by atoms with E-state index in [1.54, 1.807) is 0 Å². The normalized spacial score (nSPS) is 31.8. The first-order chi connectivity index (χ1) is 9.75. The van der Waals surface area contributed by atoms with E-state index in [1.807, 2.05) is 12.4 Å². The van der Waals surface area contributed by atoms with Crippen molar-refractivity contribution in [2.45, 2.75) is 57.1 Å². The second-order valence-corrected chi connectivity index (χ2v) is 6.47. The molecular formula is C16H27N3O. The molecule has 20 heavy (non-hydrogen) atoms. The lowest BCUT2D eigenvalue weighted by atomic mass is 9.87. The summed E-state index contributed by atoms with van der Waals surface area (Å²) in [4.78, 5) is 7.05. The summed E-state index contributed by atoms with van der Waals surface area (Å²) in [5.41, 5.74) is 0. The lowest BCUT2D eigenvalue weighted by Crippen LogP contribution is -2.47. The van der Waals surface area contributed by atoms with E-state index < -0.39 is 0 Å². The summed E-state index contributed by atoms with van der Waals surface area (Å²) in [7, 11) is 2.07. The van der Waals surface area contributed by atoms with Crippen LogP contribution >= 0.6 is 0 Å². The molecule has 1 aliphatic carbocycles. The fraction of sp³-hybridized carbons (Fsp3) is 0.812. The molecule has 2 aliphatic rings. The molecule has 0 aromatic carbocycles. The molecule has 4 heteroatoms. The number of rotatable bonds is 4. The van der Waals surface area contributed by atoms with Gasteiger partial charge in [-0.25, -0.2) is 4.98 Å². The van der Waals surface area contributed by atoms with E-state index in [2.05, 4.69) is 21.5 Å². The summed E-state index contributed by atoms with van der Waals surface area (Å²) in [5.74, 6) is 1.68. The molecule has 1 saturated carbocycles. The number of aryl methyl sites for hydroxylation is 1. The molecular weight excluding hydrogens is 250 g/mol. The number of likely N-dealkylation sites (tertiary alicyclic amines) is 1. The molecule has 0 spiro atoms. The van der Waals surface area contributed by atoms with Gasteiger partial charge in [0.25, 0.3) is 0 Å². The van der Waals surface area contributed by atoms with Crippen LogP contribution in [0.2, 0.25) is 0 Å². The van der Waals surface area contributed by atoms with Gasteiger partial charge in [0.15, 0.2) is 0 Å². The minimum Gasteiger partial charge on any atom is -0.393 e. The fourth-order valence-electron chi connectivity index (χ4n) is 4.08. The SMILES string of the molecule is Cn1ccnc1CCN1CCCCC1C1CCCC1O. The van der Waals surface area contributed by atoms with E-state index in [4.69, 9.17) is 0 Å². The molecule has 0 radical (unpaired) electrons. The third-order valence-corrected chi connectivity index (χ3v) is 5.23. The first-order valence-corrected chi connectivity index (χ1v) is 8.14. The van der Waals surface area contributed by atoms with Crippen molar-refractivity contribution in [1.29, 1.82) is 0 Å². The molecule has 0 bridgehead atoms. The van der Waals surface area contributed by atoms with Crippen LogP contribution in [0, 0.1) is 5.92 Å². The zero-order valence-electron chi connectivity index (χ0n) is 12.5. The Kier molecular flexibility index (Phi) is 4.41. The highest BCUT2D eigenvalue weighted by molar-refractivity contribution is 4.95. The van der Waals surface area contributed by atoms with E-state index >= 15 is 0 Å². The largest absolute Gasteiger partial charge is 0.393 e. The first kappa shape index (κ1) is 14.1. The van der Waals surface area contributed by atoms with Crippen molar-refractivity contribution in [1.82, 2.24) is 14.5 Å². The first-order valence-electron chi connectivity index (χ1n) is 8.14. The van der Waals surface area contributed by atoms with Crippen LogP contribution in [-0.4, -0.2) is 44.8 Å². The number of imidazole rings is 1. The number of hydrogen-bond donors (Lipinski definition) is 1. The average Bonchev–Trinajstić information content (AvgIpc) is 3.06. The van der Waals surface area contributed by atoms with Gasteiger partial charge in [-0.3, -0.25) is 4.90 Å². The Bertz CT molecular complexity index is 431. The zero-order chi connectivity index (χ0) is 13.9. The van der Waals surface area contributed by atoms with Crippen LogP contribution in [0.4, 0.5) is 0 Å². The minimum atomic E-state index is -0.0613. The molecule has 0 amide bonds. The molecule has 3 rings (SSSR count). The monoisotopic (exact) mass is 277 g/mol. The number of hydrogen-bond acceptors (Lipinski definition) is 3. The number of aliphatic hydroxyl groups excluding tert-OH is 1. The molecule has 1 aromatic rings. The number of nitrogens with zero attached hydrogens (tertiary/aromatic N) is 3. The summed E-state index contributed by atoms with van der Waals surface area (Å²) in [5, 5.41) is 10.2. The van der Waals surface area contributed by atoms with Gasteiger partial charge in [0, 0.05) is 44.4 Å². The van der Waals surface area contributed by atoms with Crippen molar-refractivity contribution in [3.8, 4) is 0 Å². The van der Waals surface area contributed by atoms with E-state index in [0.29, 0.717) is 12.0 Å². The second kappa shape index (κ2) is 6.27. The van der Waals surface area contributed by atoms with E-state index in [9.17, 15) is 5.11 Å². The van der Waals surface area contributed by atoms with Crippen LogP contribution in [0.25, 0.3) is 0 Å². The molecule has 1 aromatic heterocycles. The third-order valence-electron chi connectivity index (χ3n) is 5.23. The summed E-state index contributed by atoms with van der Waals surface area (Å²) in [6.07, 6.45) is 12.2. The number of aromatic nitrogens is 2. The number of piperidine rings is 1. The minimum absolute atomic E-state index is 0.0613. The third kappa shape index (κ3) is 2.91. The molecule has 1 aliphatic heterocycles. The summed E-state index contributed by atoms with van der Waals surface area (Å²) < 4.78 is 2.11. The van der Waals surface area contributed by atoms with E-state index in [-0.39, 0.29) is 6.10 Å². The Morgan fingerprint density at radius 3 is 2.85 bits per heavy atom. The Labute approximate surface area is 121 Å². The standard InChI is InChI=1S/C16H27N3O/c1-18-12-9-17-16(18)8-11-19-10-3-2-6-14(19)13-5-4-7-15(13)20/h9,12-15,20H,2-8,10-11H2,1H3. The van der Waals surface area contributed by atoms with Crippen LogP contribution in [0.5, 0.6) is 0 Å². The molecule has 1 saturated heterocycles. The Morgan fingerprint density at radius 2 is 2.15 bits per heavy atom. The van der Waals surface area contributed by atoms with Crippen LogP contribution in [0.1, 0.15) is 44.3 Å². The van der Waals surface area contributed by atoms with Gasteiger partial charge in [0.2, 0.25) is 0 Å². The van der Waals surface area contributed by atoms with Crippen LogP contribution in [0.3, 0.4) is 0 Å². The average molecular weight is 277 g/mol. The highest BCUT2D eigenvalue weighted by Crippen LogP contribution is 2.35. The smallest absolute Gasteiger partial charge is 0.109 e. The maximum absolute atomic E-state index is 10.2. The highest BCUT2D eigenvalue weighted by atomic mass is 16.3. The molecule has 4 nitrogen and oxygen atoms in total. The van der Waals surface area contributed by atoms with Crippen molar-refractivity contribution in [2.24, 2.45) is 13.0 Å². The predicted octanol–water partition coefficient (Wildman–Crippen LogP) is 1.98. The molecule has 2 heterocycles. The summed E-state index contributed by atoms with van der Waals surface area (Å²) in [6.45, 7) is 2.27. The summed E-state index contributed by atoms with van der Waals surface area (Å²) in [6, 6.07) is 0.599. The molecule has 3 atom stereocenters. The Balaban J connectivity index is 1.62. The highest BCUT2D eigenvalue weighted by Gasteiger charge is 2.36. The zero-order valence-corrected chi connectivity index (χ0v) is 12.5. The lowest BCUT2D eigenvalue weighted by Gasteiger charge is -2.40. The second-order valence-electron chi connectivity index (χ2n) is 6.47. The Morgan fingerprint density at radius 1 is 1.25 bits per heavy atom. The van der Waals surface area contributed by atoms with Crippen LogP contribution in [-0.2, 0) is 13.5 Å². The van der Waals surface area contributed by atoms with Crippen LogP contribution in [0.15, 0.2) is 12.4 Å². The molecule has 1 N–H and O–H groups in total. The van der Waals surface area contributed by atoms with Gasteiger partial charge in [0.1, 0.15) is 5.82 Å². The van der Waals surface area contributed by atoms with Gasteiger partial charge in [-0.05, 0) is 32.2 Å². The topological polar surface area (TPSA) is 41.3 Å². The fourth-order valence-corrected chi connectivity index (χ4v) is 4.08. The maximum atomic E-state index is 10.2. The quantitative estimate of drug-likeness (QED) is 0.915. The van der Waals surface area contributed by atoms with Crippen molar-refractivity contribution in [2.75, 3.05) is 13.1 Å². The van der Waals surface area contributed by atoms with Crippen molar-refractivity contribution >= 4 is 0 Å². The van der Waals surface area contributed by atoms with E-state index in [1.165, 1.54) is 44.5 Å². The van der Waals surface area contributed by atoms with E-state index in [0.717, 1.165) is 19.4 Å². The van der Waals surface area contributed by atoms with Gasteiger partial charge in [-0.15, -0.1) is 0 Å². The van der Waals surface area contributed by atoms with Gasteiger partial charge >= 0.3 is 0 Å². The molecule has 3 unspecified atom stereocenters.